The van der Waals surface area contributed by atoms with Crippen LogP contribution in [0.3, 0.4) is 0 Å². The average Bonchev–Trinajstić information content (AvgIpc) is 2.38. The lowest BCUT2D eigenvalue weighted by Crippen LogP contribution is -2.14. The summed E-state index contributed by atoms with van der Waals surface area (Å²) in [7, 11) is 0. The molecule has 19 heavy (non-hydrogen) atoms. The van der Waals surface area contributed by atoms with Crippen LogP contribution in [-0.2, 0) is 0 Å². The molecule has 0 aliphatic heterocycles. The first-order chi connectivity index (χ1) is 8.66. The van der Waals surface area contributed by atoms with Gasteiger partial charge in [0.05, 0.1) is 6.10 Å². The lowest BCUT2D eigenvalue weighted by atomic mass is 10.1. The van der Waals surface area contributed by atoms with E-state index in [-0.39, 0.29) is 19.0 Å². The van der Waals surface area contributed by atoms with Crippen LogP contribution in [0.1, 0.15) is 6.92 Å². The van der Waals surface area contributed by atoms with Crippen molar-refractivity contribution in [1.29, 1.82) is 0 Å². The van der Waals surface area contributed by atoms with E-state index in [1.54, 1.807) is 13.0 Å². The van der Waals surface area contributed by atoms with Gasteiger partial charge < -0.3 is 9.84 Å². The number of aliphatic hydroxyl groups excluding tert-OH is 1. The molecule has 1 aromatic carbocycles. The zero-order chi connectivity index (χ0) is 13.0. The summed E-state index contributed by atoms with van der Waals surface area (Å²) in [6.07, 6.45) is -0.564. The molecule has 1 unspecified atom stereocenters. The molecule has 0 radical (unpaired) electrons. The summed E-state index contributed by atoms with van der Waals surface area (Å²) in [5.41, 5.74) is 1.70. The van der Waals surface area contributed by atoms with E-state index >= 15 is 0 Å². The van der Waals surface area contributed by atoms with E-state index in [0.29, 0.717) is 11.0 Å². The van der Waals surface area contributed by atoms with E-state index in [9.17, 15) is 5.11 Å². The number of rotatable bonds is 4. The van der Waals surface area contributed by atoms with E-state index in [0.717, 1.165) is 11.1 Å². The van der Waals surface area contributed by atoms with Gasteiger partial charge in [0.15, 0.2) is 5.15 Å². The summed E-state index contributed by atoms with van der Waals surface area (Å²) < 4.78 is 5.43. The van der Waals surface area contributed by atoms with Gasteiger partial charge in [0, 0.05) is 5.56 Å². The van der Waals surface area contributed by atoms with Crippen LogP contribution in [0, 0.1) is 0 Å². The monoisotopic (exact) mass is 300 g/mol. The van der Waals surface area contributed by atoms with Crippen LogP contribution in [0.2, 0.25) is 5.15 Å². The molecule has 0 bridgehead atoms. The Labute approximate surface area is 122 Å². The van der Waals surface area contributed by atoms with Crippen LogP contribution < -0.4 is 4.74 Å². The lowest BCUT2D eigenvalue weighted by Gasteiger charge is -2.11. The van der Waals surface area contributed by atoms with Crippen LogP contribution in [-0.4, -0.2) is 28.0 Å². The van der Waals surface area contributed by atoms with Crippen molar-refractivity contribution < 1.29 is 9.84 Å². The smallest absolute Gasteiger partial charge is 0.241 e. The van der Waals surface area contributed by atoms with Crippen molar-refractivity contribution in [3.8, 4) is 17.0 Å². The van der Waals surface area contributed by atoms with Gasteiger partial charge in [0.25, 0.3) is 0 Å². The number of nitrogens with zero attached hydrogens (tertiary/aromatic N) is 2. The largest absolute Gasteiger partial charge is 0.473 e. The minimum Gasteiger partial charge on any atom is -0.473 e. The molecular weight excluding hydrogens is 287 g/mol. The minimum absolute atomic E-state index is 0. The Morgan fingerprint density at radius 1 is 1.26 bits per heavy atom. The minimum atomic E-state index is -0.564. The molecule has 1 heterocycles. The topological polar surface area (TPSA) is 55.2 Å². The summed E-state index contributed by atoms with van der Waals surface area (Å²) in [6.45, 7) is 1.81. The van der Waals surface area contributed by atoms with Gasteiger partial charge in [-0.15, -0.1) is 22.6 Å². The first kappa shape index (κ1) is 15.7. The van der Waals surface area contributed by atoms with Crippen LogP contribution >= 0.6 is 24.0 Å². The summed E-state index contributed by atoms with van der Waals surface area (Å²) in [5.74, 6) is 0.367. The fourth-order valence-electron chi connectivity index (χ4n) is 1.49. The number of aromatic nitrogens is 2. The van der Waals surface area contributed by atoms with Gasteiger partial charge >= 0.3 is 0 Å². The quantitative estimate of drug-likeness (QED) is 0.943. The fraction of sp³-hybridized carbons (Fsp3) is 0.231. The van der Waals surface area contributed by atoms with Crippen LogP contribution in [0.5, 0.6) is 5.88 Å². The van der Waals surface area contributed by atoms with Gasteiger partial charge in [-0.05, 0) is 18.6 Å². The van der Waals surface area contributed by atoms with Crippen molar-refractivity contribution in [2.24, 2.45) is 0 Å². The number of ether oxygens (including phenoxy) is 1. The average molecular weight is 301 g/mol. The molecule has 0 fully saturated rings. The van der Waals surface area contributed by atoms with E-state index in [1.165, 1.54) is 0 Å². The van der Waals surface area contributed by atoms with Gasteiger partial charge in [-0.25, -0.2) is 0 Å². The van der Waals surface area contributed by atoms with Crippen molar-refractivity contribution in [3.63, 3.8) is 0 Å². The van der Waals surface area contributed by atoms with Gasteiger partial charge in [-0.3, -0.25) is 0 Å². The van der Waals surface area contributed by atoms with E-state index in [1.807, 2.05) is 30.3 Å². The highest BCUT2D eigenvalue weighted by Crippen LogP contribution is 2.29. The maximum Gasteiger partial charge on any atom is 0.241 e. The Kier molecular flexibility index (Phi) is 6.02. The van der Waals surface area contributed by atoms with Crippen molar-refractivity contribution >= 4 is 24.0 Å². The first-order valence-corrected chi connectivity index (χ1v) is 5.94. The molecule has 2 aromatic rings. The van der Waals surface area contributed by atoms with E-state index in [4.69, 9.17) is 16.3 Å². The number of benzene rings is 1. The summed E-state index contributed by atoms with van der Waals surface area (Å²) >= 11 is 5.85. The predicted molar refractivity (Wildman–Crippen MR) is 76.9 cm³/mol. The summed E-state index contributed by atoms with van der Waals surface area (Å²) in [6, 6.07) is 11.3. The lowest BCUT2D eigenvalue weighted by molar-refractivity contribution is 0.119. The molecule has 6 heteroatoms. The molecule has 1 aromatic heterocycles. The molecule has 0 aliphatic carbocycles. The molecule has 0 aliphatic rings. The standard InChI is InChI=1S/C13H13ClN2O2.ClH/c1-9(17)8-18-13-11(7-12(14)15-16-13)10-5-3-2-4-6-10;/h2-7,9,17H,8H2,1H3;1H. The fourth-order valence-corrected chi connectivity index (χ4v) is 1.63. The van der Waals surface area contributed by atoms with Gasteiger partial charge in [-0.2, -0.15) is 0 Å². The highest BCUT2D eigenvalue weighted by molar-refractivity contribution is 6.29. The second kappa shape index (κ2) is 7.28. The number of aliphatic hydroxyl groups is 1. The maximum absolute atomic E-state index is 9.23. The summed E-state index contributed by atoms with van der Waals surface area (Å²) in [4.78, 5) is 0. The predicted octanol–water partition coefficient (Wildman–Crippen LogP) is 2.98. The molecule has 1 N–H and O–H groups in total. The molecule has 102 valence electrons. The molecule has 4 nitrogen and oxygen atoms in total. The highest BCUT2D eigenvalue weighted by Gasteiger charge is 2.10. The first-order valence-electron chi connectivity index (χ1n) is 5.56. The van der Waals surface area contributed by atoms with Gasteiger partial charge in [0.1, 0.15) is 6.61 Å². The SMILES string of the molecule is CC(O)COc1nnc(Cl)cc1-c1ccccc1.Cl. The van der Waals surface area contributed by atoms with Crippen LogP contribution in [0.15, 0.2) is 36.4 Å². The van der Waals surface area contributed by atoms with Crippen molar-refractivity contribution in [2.45, 2.75) is 13.0 Å². The second-order valence-electron chi connectivity index (χ2n) is 3.91. The number of hydrogen-bond donors (Lipinski definition) is 1. The Morgan fingerprint density at radius 2 is 1.95 bits per heavy atom. The van der Waals surface area contributed by atoms with Crippen LogP contribution in [0.4, 0.5) is 0 Å². The third-order valence-electron chi connectivity index (χ3n) is 2.28. The molecular formula is C13H14Cl2N2O2. The molecule has 0 saturated heterocycles. The molecule has 0 saturated carbocycles. The van der Waals surface area contributed by atoms with Gasteiger partial charge in [0.2, 0.25) is 5.88 Å². The summed E-state index contributed by atoms with van der Waals surface area (Å²) in [5, 5.41) is 17.2. The van der Waals surface area contributed by atoms with Crippen LogP contribution in [0.25, 0.3) is 11.1 Å². The molecule has 2 rings (SSSR count). The molecule has 0 amide bonds. The maximum atomic E-state index is 9.23. The third-order valence-corrected chi connectivity index (χ3v) is 2.46. The Hall–Kier alpha value is -1.36. The Bertz CT molecular complexity index is 521. The Morgan fingerprint density at radius 3 is 2.58 bits per heavy atom. The third kappa shape index (κ3) is 4.35. The zero-order valence-corrected chi connectivity index (χ0v) is 11.9. The zero-order valence-electron chi connectivity index (χ0n) is 10.3. The van der Waals surface area contributed by atoms with Gasteiger partial charge in [-0.1, -0.05) is 41.9 Å². The Balaban J connectivity index is 0.00000180. The normalized spacial score (nSPS) is 11.5. The molecule has 0 spiro atoms. The van der Waals surface area contributed by atoms with Crippen molar-refractivity contribution in [2.75, 3.05) is 6.61 Å². The number of halogens is 2. The van der Waals surface area contributed by atoms with Crippen molar-refractivity contribution in [1.82, 2.24) is 10.2 Å². The van der Waals surface area contributed by atoms with Crippen molar-refractivity contribution in [3.05, 3.63) is 41.6 Å². The highest BCUT2D eigenvalue weighted by atomic mass is 35.5. The second-order valence-corrected chi connectivity index (χ2v) is 4.30. The number of hydrogen-bond acceptors (Lipinski definition) is 4. The van der Waals surface area contributed by atoms with E-state index in [2.05, 4.69) is 10.2 Å². The van der Waals surface area contributed by atoms with E-state index < -0.39 is 6.10 Å². The molecule has 1 atom stereocenters.